The Labute approximate surface area is 128 Å². The summed E-state index contributed by atoms with van der Waals surface area (Å²) in [6.07, 6.45) is 9.88. The number of rotatable bonds is 3. The Bertz CT molecular complexity index is 454. The van der Waals surface area contributed by atoms with Crippen LogP contribution in [0.15, 0.2) is 30.3 Å². The van der Waals surface area contributed by atoms with Gasteiger partial charge in [0.1, 0.15) is 0 Å². The molecule has 0 amide bonds. The van der Waals surface area contributed by atoms with Crippen molar-refractivity contribution in [3.8, 4) is 0 Å². The molecule has 0 bridgehead atoms. The number of hydrogen-bond donors (Lipinski definition) is 2. The molecule has 1 aromatic carbocycles. The maximum atomic E-state index is 3.95. The molecule has 21 heavy (non-hydrogen) atoms. The summed E-state index contributed by atoms with van der Waals surface area (Å²) in [5.74, 6) is 0.779. The summed E-state index contributed by atoms with van der Waals surface area (Å²) < 4.78 is 0. The van der Waals surface area contributed by atoms with Crippen LogP contribution in [0.3, 0.4) is 0 Å². The van der Waals surface area contributed by atoms with Gasteiger partial charge >= 0.3 is 0 Å². The van der Waals surface area contributed by atoms with E-state index in [1.54, 1.807) is 0 Å². The molecule has 3 fully saturated rings. The monoisotopic (exact) mass is 284 g/mol. The van der Waals surface area contributed by atoms with E-state index in [4.69, 9.17) is 0 Å². The second-order valence-electron chi connectivity index (χ2n) is 7.55. The maximum absolute atomic E-state index is 3.95. The summed E-state index contributed by atoms with van der Waals surface area (Å²) in [4.78, 5) is 0. The first-order chi connectivity index (χ1) is 10.3. The second-order valence-corrected chi connectivity index (χ2v) is 7.55. The SMILES string of the molecule is c1ccc([C@@H]2C[C@H]2NC2CCC3(CCNCC3)CC2)cc1. The summed E-state index contributed by atoms with van der Waals surface area (Å²) in [5.41, 5.74) is 2.23. The van der Waals surface area contributed by atoms with Crippen LogP contribution in [-0.4, -0.2) is 25.2 Å². The van der Waals surface area contributed by atoms with Gasteiger partial charge in [-0.25, -0.2) is 0 Å². The van der Waals surface area contributed by atoms with Gasteiger partial charge in [-0.1, -0.05) is 30.3 Å². The average molecular weight is 284 g/mol. The first-order valence-electron chi connectivity index (χ1n) is 8.86. The number of nitrogens with one attached hydrogen (secondary N) is 2. The van der Waals surface area contributed by atoms with Crippen molar-refractivity contribution in [1.29, 1.82) is 0 Å². The Morgan fingerprint density at radius 2 is 1.67 bits per heavy atom. The fraction of sp³-hybridized carbons (Fsp3) is 0.684. The minimum atomic E-state index is 0.700. The van der Waals surface area contributed by atoms with Crippen molar-refractivity contribution in [2.45, 2.75) is 62.9 Å². The Kier molecular flexibility index (Phi) is 3.76. The molecule has 2 saturated carbocycles. The lowest BCUT2D eigenvalue weighted by Gasteiger charge is -2.43. The van der Waals surface area contributed by atoms with Crippen LogP contribution in [0.5, 0.6) is 0 Å². The maximum Gasteiger partial charge on any atom is 0.0145 e. The highest BCUT2D eigenvalue weighted by Crippen LogP contribution is 2.45. The van der Waals surface area contributed by atoms with Gasteiger partial charge in [0.15, 0.2) is 0 Å². The quantitative estimate of drug-likeness (QED) is 0.888. The molecule has 2 heteroatoms. The van der Waals surface area contributed by atoms with Crippen molar-refractivity contribution < 1.29 is 0 Å². The van der Waals surface area contributed by atoms with Crippen LogP contribution in [0.25, 0.3) is 0 Å². The van der Waals surface area contributed by atoms with Gasteiger partial charge < -0.3 is 10.6 Å². The average Bonchev–Trinajstić information content (AvgIpc) is 3.31. The van der Waals surface area contributed by atoms with E-state index in [9.17, 15) is 0 Å². The smallest absolute Gasteiger partial charge is 0.0145 e. The molecular formula is C19H28N2. The Hall–Kier alpha value is -0.860. The molecule has 114 valence electrons. The van der Waals surface area contributed by atoms with E-state index in [-0.39, 0.29) is 0 Å². The van der Waals surface area contributed by atoms with Crippen molar-refractivity contribution in [2.24, 2.45) is 5.41 Å². The third-order valence-corrected chi connectivity index (χ3v) is 6.18. The van der Waals surface area contributed by atoms with Gasteiger partial charge in [-0.05, 0) is 69.0 Å². The first-order valence-corrected chi connectivity index (χ1v) is 8.86. The third-order valence-electron chi connectivity index (χ3n) is 6.18. The summed E-state index contributed by atoms with van der Waals surface area (Å²) >= 11 is 0. The summed E-state index contributed by atoms with van der Waals surface area (Å²) in [5, 5.41) is 7.47. The van der Waals surface area contributed by atoms with E-state index in [0.717, 1.165) is 18.0 Å². The molecule has 1 aliphatic heterocycles. The lowest BCUT2D eigenvalue weighted by atomic mass is 9.67. The van der Waals surface area contributed by atoms with Gasteiger partial charge in [-0.15, -0.1) is 0 Å². The molecule has 0 unspecified atom stereocenters. The minimum Gasteiger partial charge on any atom is -0.317 e. The zero-order chi connectivity index (χ0) is 14.1. The summed E-state index contributed by atoms with van der Waals surface area (Å²) in [7, 11) is 0. The van der Waals surface area contributed by atoms with Crippen LogP contribution < -0.4 is 10.6 Å². The molecule has 0 aromatic heterocycles. The van der Waals surface area contributed by atoms with Gasteiger partial charge in [-0.3, -0.25) is 0 Å². The second kappa shape index (κ2) is 5.73. The van der Waals surface area contributed by atoms with E-state index >= 15 is 0 Å². The predicted molar refractivity (Wildman–Crippen MR) is 87.5 cm³/mol. The van der Waals surface area contributed by atoms with E-state index in [1.807, 2.05) is 0 Å². The van der Waals surface area contributed by atoms with Gasteiger partial charge in [-0.2, -0.15) is 0 Å². The number of piperidine rings is 1. The molecule has 1 aromatic rings. The summed E-state index contributed by atoms with van der Waals surface area (Å²) in [6.45, 7) is 2.49. The molecule has 3 aliphatic rings. The standard InChI is InChI=1S/C19H28N2/c1-2-4-15(5-3-1)17-14-18(17)21-16-6-8-19(9-7-16)10-12-20-13-11-19/h1-5,16-18,20-21H,6-14H2/t17-,18+/m0/s1. The Morgan fingerprint density at radius 1 is 0.952 bits per heavy atom. The molecule has 1 spiro atoms. The van der Waals surface area contributed by atoms with E-state index in [1.165, 1.54) is 63.6 Å². The van der Waals surface area contributed by atoms with Crippen LogP contribution in [0, 0.1) is 5.41 Å². The summed E-state index contributed by atoms with van der Waals surface area (Å²) in [6, 6.07) is 12.6. The number of hydrogen-bond acceptors (Lipinski definition) is 2. The van der Waals surface area contributed by atoms with Gasteiger partial charge in [0, 0.05) is 18.0 Å². The molecular weight excluding hydrogens is 256 g/mol. The molecule has 4 rings (SSSR count). The molecule has 1 saturated heterocycles. The van der Waals surface area contributed by atoms with Crippen LogP contribution in [0.2, 0.25) is 0 Å². The van der Waals surface area contributed by atoms with E-state index in [0.29, 0.717) is 5.41 Å². The largest absolute Gasteiger partial charge is 0.317 e. The normalized spacial score (nSPS) is 32.2. The van der Waals surface area contributed by atoms with Gasteiger partial charge in [0.25, 0.3) is 0 Å². The van der Waals surface area contributed by atoms with Crippen molar-refractivity contribution in [3.05, 3.63) is 35.9 Å². The van der Waals surface area contributed by atoms with Crippen LogP contribution in [0.4, 0.5) is 0 Å². The highest BCUT2D eigenvalue weighted by atomic mass is 15.0. The van der Waals surface area contributed by atoms with Crippen LogP contribution >= 0.6 is 0 Å². The highest BCUT2D eigenvalue weighted by molar-refractivity contribution is 5.27. The fourth-order valence-electron chi connectivity index (χ4n) is 4.60. The van der Waals surface area contributed by atoms with Crippen molar-refractivity contribution >= 4 is 0 Å². The molecule has 2 N–H and O–H groups in total. The molecule has 0 radical (unpaired) electrons. The fourth-order valence-corrected chi connectivity index (χ4v) is 4.60. The topological polar surface area (TPSA) is 24.1 Å². The van der Waals surface area contributed by atoms with Crippen molar-refractivity contribution in [2.75, 3.05) is 13.1 Å². The molecule has 2 atom stereocenters. The van der Waals surface area contributed by atoms with Crippen molar-refractivity contribution in [3.63, 3.8) is 0 Å². The van der Waals surface area contributed by atoms with Crippen LogP contribution in [0.1, 0.15) is 56.4 Å². The zero-order valence-corrected chi connectivity index (χ0v) is 13.0. The molecule has 2 aliphatic carbocycles. The van der Waals surface area contributed by atoms with Crippen LogP contribution in [-0.2, 0) is 0 Å². The van der Waals surface area contributed by atoms with Gasteiger partial charge in [0.2, 0.25) is 0 Å². The van der Waals surface area contributed by atoms with E-state index < -0.39 is 0 Å². The third kappa shape index (κ3) is 3.02. The molecule has 2 nitrogen and oxygen atoms in total. The predicted octanol–water partition coefficient (Wildman–Crippen LogP) is 3.44. The van der Waals surface area contributed by atoms with E-state index in [2.05, 4.69) is 41.0 Å². The Balaban J connectivity index is 1.27. The zero-order valence-electron chi connectivity index (χ0n) is 13.0. The number of benzene rings is 1. The first kappa shape index (κ1) is 13.8. The van der Waals surface area contributed by atoms with Gasteiger partial charge in [0.05, 0.1) is 0 Å². The highest BCUT2D eigenvalue weighted by Gasteiger charge is 2.41. The Morgan fingerprint density at radius 3 is 2.38 bits per heavy atom. The lowest BCUT2D eigenvalue weighted by Crippen LogP contribution is -2.43. The molecule has 1 heterocycles. The van der Waals surface area contributed by atoms with Crippen molar-refractivity contribution in [1.82, 2.24) is 10.6 Å². The lowest BCUT2D eigenvalue weighted by molar-refractivity contribution is 0.115. The minimum absolute atomic E-state index is 0.700.